The summed E-state index contributed by atoms with van der Waals surface area (Å²) in [5.41, 5.74) is 2.38. The van der Waals surface area contributed by atoms with Crippen LogP contribution in [0.25, 0.3) is 0 Å². The highest BCUT2D eigenvalue weighted by molar-refractivity contribution is 5.89. The van der Waals surface area contributed by atoms with E-state index in [9.17, 15) is 4.79 Å². The summed E-state index contributed by atoms with van der Waals surface area (Å²) >= 11 is 0. The molecule has 0 aliphatic carbocycles. The molecule has 3 nitrogen and oxygen atoms in total. The smallest absolute Gasteiger partial charge is 0.337 e. The van der Waals surface area contributed by atoms with Gasteiger partial charge in [0.1, 0.15) is 0 Å². The number of carboxylic acids is 1. The monoisotopic (exact) mass is 195 g/mol. The second-order valence-electron chi connectivity index (χ2n) is 3.77. The molecule has 0 bridgehead atoms. The van der Waals surface area contributed by atoms with E-state index in [0.717, 1.165) is 17.9 Å². The fourth-order valence-corrected chi connectivity index (χ4v) is 1.78. The summed E-state index contributed by atoms with van der Waals surface area (Å²) in [7, 11) is 0. The third-order valence-corrected chi connectivity index (χ3v) is 2.54. The summed E-state index contributed by atoms with van der Waals surface area (Å²) in [6.07, 6.45) is 0. The van der Waals surface area contributed by atoms with Crippen LogP contribution in [-0.4, -0.2) is 15.6 Å². The van der Waals surface area contributed by atoms with E-state index in [1.807, 2.05) is 13.8 Å². The molecule has 0 fully saturated rings. The average molecular weight is 195 g/mol. The Morgan fingerprint density at radius 3 is 2.43 bits per heavy atom. The first-order chi connectivity index (χ1) is 6.49. The molecule has 0 amide bonds. The maximum Gasteiger partial charge on any atom is 0.337 e. The highest BCUT2D eigenvalue weighted by Gasteiger charge is 2.17. The van der Waals surface area contributed by atoms with E-state index >= 15 is 0 Å². The second kappa shape index (κ2) is 3.86. The fraction of sp³-hybridized carbons (Fsp3) is 0.545. The van der Waals surface area contributed by atoms with E-state index in [4.69, 9.17) is 5.11 Å². The van der Waals surface area contributed by atoms with Gasteiger partial charge in [-0.3, -0.25) is 0 Å². The highest BCUT2D eigenvalue weighted by Crippen LogP contribution is 2.22. The van der Waals surface area contributed by atoms with Gasteiger partial charge in [0.15, 0.2) is 0 Å². The molecule has 0 aliphatic rings. The molecule has 1 rings (SSSR count). The SMILES string of the molecule is CCn1c(C(C)C)cc(C(=O)O)c1C. The van der Waals surface area contributed by atoms with Crippen LogP contribution < -0.4 is 0 Å². The fourth-order valence-electron chi connectivity index (χ4n) is 1.78. The zero-order valence-electron chi connectivity index (χ0n) is 9.16. The van der Waals surface area contributed by atoms with Crippen LogP contribution in [0.2, 0.25) is 0 Å². The van der Waals surface area contributed by atoms with Crippen molar-refractivity contribution in [2.75, 3.05) is 0 Å². The van der Waals surface area contributed by atoms with Crippen LogP contribution in [0.15, 0.2) is 6.07 Å². The number of carboxylic acid groups (broad SMARTS) is 1. The van der Waals surface area contributed by atoms with Gasteiger partial charge in [0, 0.05) is 17.9 Å². The van der Waals surface area contributed by atoms with E-state index in [1.165, 1.54) is 0 Å². The van der Waals surface area contributed by atoms with Crippen LogP contribution in [0, 0.1) is 6.92 Å². The molecule has 0 atom stereocenters. The zero-order chi connectivity index (χ0) is 10.9. The highest BCUT2D eigenvalue weighted by atomic mass is 16.4. The van der Waals surface area contributed by atoms with Gasteiger partial charge < -0.3 is 9.67 Å². The maximum atomic E-state index is 10.9. The molecule has 1 N–H and O–H groups in total. The Morgan fingerprint density at radius 1 is 1.57 bits per heavy atom. The largest absolute Gasteiger partial charge is 0.478 e. The summed E-state index contributed by atoms with van der Waals surface area (Å²) in [4.78, 5) is 10.9. The number of carbonyl (C=O) groups is 1. The lowest BCUT2D eigenvalue weighted by atomic mass is 10.1. The molecule has 0 saturated carbocycles. The van der Waals surface area contributed by atoms with Crippen LogP contribution in [0.5, 0.6) is 0 Å². The predicted octanol–water partition coefficient (Wildman–Crippen LogP) is 2.64. The minimum absolute atomic E-state index is 0.363. The lowest BCUT2D eigenvalue weighted by Crippen LogP contribution is -2.05. The summed E-state index contributed by atoms with van der Waals surface area (Å²) in [5, 5.41) is 8.97. The lowest BCUT2D eigenvalue weighted by molar-refractivity contribution is 0.0696. The predicted molar refractivity (Wildman–Crippen MR) is 55.9 cm³/mol. The van der Waals surface area contributed by atoms with E-state index in [1.54, 1.807) is 6.07 Å². The van der Waals surface area contributed by atoms with Gasteiger partial charge in [-0.2, -0.15) is 0 Å². The van der Waals surface area contributed by atoms with Gasteiger partial charge in [-0.25, -0.2) is 4.79 Å². The van der Waals surface area contributed by atoms with Crippen molar-refractivity contribution in [2.24, 2.45) is 0 Å². The molecule has 3 heteroatoms. The number of hydrogen-bond acceptors (Lipinski definition) is 1. The molecule has 0 saturated heterocycles. The molecule has 0 radical (unpaired) electrons. The minimum Gasteiger partial charge on any atom is -0.478 e. The Bertz CT molecular complexity index is 350. The van der Waals surface area contributed by atoms with E-state index in [0.29, 0.717) is 11.5 Å². The third kappa shape index (κ3) is 1.67. The molecule has 0 aromatic carbocycles. The Hall–Kier alpha value is -1.25. The van der Waals surface area contributed by atoms with Crippen molar-refractivity contribution in [2.45, 2.75) is 40.2 Å². The van der Waals surface area contributed by atoms with Crippen LogP contribution in [-0.2, 0) is 6.54 Å². The van der Waals surface area contributed by atoms with E-state index in [-0.39, 0.29) is 0 Å². The van der Waals surface area contributed by atoms with Gasteiger partial charge >= 0.3 is 5.97 Å². The first kappa shape index (κ1) is 10.8. The van der Waals surface area contributed by atoms with Crippen LogP contribution >= 0.6 is 0 Å². The Balaban J connectivity index is 3.31. The Kier molecular flexibility index (Phi) is 2.99. The van der Waals surface area contributed by atoms with Crippen molar-refractivity contribution < 1.29 is 9.90 Å². The van der Waals surface area contributed by atoms with Gasteiger partial charge in [-0.15, -0.1) is 0 Å². The second-order valence-corrected chi connectivity index (χ2v) is 3.77. The number of aromatic carboxylic acids is 1. The quantitative estimate of drug-likeness (QED) is 0.805. The third-order valence-electron chi connectivity index (χ3n) is 2.54. The summed E-state index contributed by atoms with van der Waals surface area (Å²) < 4.78 is 2.06. The first-order valence-electron chi connectivity index (χ1n) is 4.92. The van der Waals surface area contributed by atoms with Crippen molar-refractivity contribution in [1.29, 1.82) is 0 Å². The van der Waals surface area contributed by atoms with Gasteiger partial charge in [-0.05, 0) is 25.8 Å². The van der Waals surface area contributed by atoms with Crippen molar-refractivity contribution in [1.82, 2.24) is 4.57 Å². The van der Waals surface area contributed by atoms with Gasteiger partial charge in [0.2, 0.25) is 0 Å². The van der Waals surface area contributed by atoms with Gasteiger partial charge in [-0.1, -0.05) is 13.8 Å². The summed E-state index contributed by atoms with van der Waals surface area (Å²) in [6, 6.07) is 1.78. The van der Waals surface area contributed by atoms with Crippen molar-refractivity contribution in [3.05, 3.63) is 23.0 Å². The molecular weight excluding hydrogens is 178 g/mol. The van der Waals surface area contributed by atoms with Crippen molar-refractivity contribution in [3.63, 3.8) is 0 Å². The standard InChI is InChI=1S/C11H17NO2/c1-5-12-8(4)9(11(13)14)6-10(12)7(2)3/h6-7H,5H2,1-4H3,(H,13,14). The molecule has 1 aromatic rings. The van der Waals surface area contributed by atoms with Crippen molar-refractivity contribution in [3.8, 4) is 0 Å². The van der Waals surface area contributed by atoms with Gasteiger partial charge in [0.25, 0.3) is 0 Å². The Morgan fingerprint density at radius 2 is 2.14 bits per heavy atom. The van der Waals surface area contributed by atoms with Gasteiger partial charge in [0.05, 0.1) is 5.56 Å². The number of nitrogens with zero attached hydrogens (tertiary/aromatic N) is 1. The molecular formula is C11H17NO2. The lowest BCUT2D eigenvalue weighted by Gasteiger charge is -2.11. The maximum absolute atomic E-state index is 10.9. The molecule has 78 valence electrons. The average Bonchev–Trinajstić information content (AvgIpc) is 2.42. The van der Waals surface area contributed by atoms with Crippen LogP contribution in [0.3, 0.4) is 0 Å². The first-order valence-corrected chi connectivity index (χ1v) is 4.92. The number of aromatic nitrogens is 1. The molecule has 0 unspecified atom stereocenters. The molecule has 14 heavy (non-hydrogen) atoms. The Labute approximate surface area is 84.4 Å². The number of hydrogen-bond donors (Lipinski definition) is 1. The van der Waals surface area contributed by atoms with E-state index in [2.05, 4.69) is 18.4 Å². The van der Waals surface area contributed by atoms with Crippen LogP contribution in [0.1, 0.15) is 48.4 Å². The summed E-state index contributed by atoms with van der Waals surface area (Å²) in [6.45, 7) is 8.87. The normalized spacial score (nSPS) is 10.9. The summed E-state index contributed by atoms with van der Waals surface area (Å²) in [5.74, 6) is -0.474. The molecule has 1 aromatic heterocycles. The molecule has 0 spiro atoms. The van der Waals surface area contributed by atoms with Crippen LogP contribution in [0.4, 0.5) is 0 Å². The van der Waals surface area contributed by atoms with Crippen molar-refractivity contribution >= 4 is 5.97 Å². The number of rotatable bonds is 3. The molecule has 1 heterocycles. The zero-order valence-corrected chi connectivity index (χ0v) is 9.16. The van der Waals surface area contributed by atoms with E-state index < -0.39 is 5.97 Å². The minimum atomic E-state index is -0.836. The molecule has 0 aliphatic heterocycles. The topological polar surface area (TPSA) is 42.2 Å².